The Bertz CT molecular complexity index is 732. The summed E-state index contributed by atoms with van der Waals surface area (Å²) in [6, 6.07) is 15.1. The van der Waals surface area contributed by atoms with E-state index in [-0.39, 0.29) is 0 Å². The van der Waals surface area contributed by atoms with Crippen molar-refractivity contribution in [1.82, 2.24) is 0 Å². The topological polar surface area (TPSA) is 26.3 Å². The number of ketones is 1. The highest BCUT2D eigenvalue weighted by Gasteiger charge is 2.34. The first-order valence-electron chi connectivity index (χ1n) is 7.53. The maximum absolute atomic E-state index is 11.8. The Balaban J connectivity index is 1.75. The summed E-state index contributed by atoms with van der Waals surface area (Å²) in [6.07, 6.45) is 2.01. The van der Waals surface area contributed by atoms with Gasteiger partial charge in [0.1, 0.15) is 5.78 Å². The first kappa shape index (κ1) is 12.8. The van der Waals surface area contributed by atoms with Crippen LogP contribution in [0.25, 0.3) is 11.1 Å². The molecule has 0 spiro atoms. The molecule has 0 amide bonds. The Morgan fingerprint density at radius 3 is 2.71 bits per heavy atom. The molecular formula is C19H18O2. The van der Waals surface area contributed by atoms with Crippen LogP contribution >= 0.6 is 0 Å². The number of hydrogen-bond acceptors (Lipinski definition) is 2. The summed E-state index contributed by atoms with van der Waals surface area (Å²) in [5.41, 5.74) is 6.05. The van der Waals surface area contributed by atoms with E-state index < -0.39 is 5.60 Å². The number of hydrogen-bond donors (Lipinski definition) is 0. The van der Waals surface area contributed by atoms with Crippen molar-refractivity contribution in [3.8, 4) is 11.1 Å². The molecule has 1 aliphatic carbocycles. The predicted molar refractivity (Wildman–Crippen MR) is 82.2 cm³/mol. The van der Waals surface area contributed by atoms with Gasteiger partial charge in [0.15, 0.2) is 0 Å². The predicted octanol–water partition coefficient (Wildman–Crippen LogP) is 3.85. The smallest absolute Gasteiger partial charge is 0.138 e. The van der Waals surface area contributed by atoms with Crippen molar-refractivity contribution in [2.75, 3.05) is 6.61 Å². The summed E-state index contributed by atoms with van der Waals surface area (Å²) in [4.78, 5) is 11.8. The Labute approximate surface area is 124 Å². The van der Waals surface area contributed by atoms with Crippen molar-refractivity contribution in [2.24, 2.45) is 0 Å². The highest BCUT2D eigenvalue weighted by atomic mass is 16.5. The van der Waals surface area contributed by atoms with Crippen LogP contribution in [0.1, 0.15) is 36.5 Å². The van der Waals surface area contributed by atoms with Gasteiger partial charge in [-0.15, -0.1) is 0 Å². The summed E-state index contributed by atoms with van der Waals surface area (Å²) in [6.45, 7) is 2.57. The van der Waals surface area contributed by atoms with Crippen LogP contribution in [0.3, 0.4) is 0 Å². The second kappa shape index (κ2) is 4.54. The number of carbonyl (C=O) groups is 1. The quantitative estimate of drug-likeness (QED) is 0.676. The van der Waals surface area contributed by atoms with Gasteiger partial charge in [0.05, 0.1) is 12.2 Å². The minimum absolute atomic E-state index is 0.299. The van der Waals surface area contributed by atoms with Crippen LogP contribution in [0.2, 0.25) is 0 Å². The SMILES string of the molecule is CC1(c2ccc3c(c2)Cc2ccccc2-3)CC(=O)CCO1. The number of fused-ring (bicyclic) bond motifs is 3. The average Bonchev–Trinajstić information content (AvgIpc) is 2.84. The lowest BCUT2D eigenvalue weighted by Crippen LogP contribution is -2.34. The van der Waals surface area contributed by atoms with E-state index in [9.17, 15) is 4.79 Å². The molecule has 2 nitrogen and oxygen atoms in total. The minimum Gasteiger partial charge on any atom is -0.370 e. The van der Waals surface area contributed by atoms with Gasteiger partial charge in [0.2, 0.25) is 0 Å². The molecule has 106 valence electrons. The molecule has 1 aliphatic heterocycles. The number of rotatable bonds is 1. The molecule has 1 unspecified atom stereocenters. The molecule has 2 aliphatic rings. The van der Waals surface area contributed by atoms with Crippen LogP contribution in [0.5, 0.6) is 0 Å². The third-order valence-corrected chi connectivity index (χ3v) is 4.74. The maximum Gasteiger partial charge on any atom is 0.138 e. The fourth-order valence-electron chi connectivity index (χ4n) is 3.57. The molecule has 0 radical (unpaired) electrons. The zero-order chi connectivity index (χ0) is 14.4. The lowest BCUT2D eigenvalue weighted by Gasteiger charge is -2.33. The van der Waals surface area contributed by atoms with Crippen molar-refractivity contribution >= 4 is 5.78 Å². The van der Waals surface area contributed by atoms with Gasteiger partial charge in [-0.1, -0.05) is 42.5 Å². The summed E-state index contributed by atoms with van der Waals surface area (Å²) in [5, 5.41) is 0. The standard InChI is InChI=1S/C19H18O2/c1-19(12-16(20)8-9-21-19)15-6-7-18-14(11-15)10-13-4-2-3-5-17(13)18/h2-7,11H,8-10,12H2,1H3. The zero-order valence-electron chi connectivity index (χ0n) is 12.2. The van der Waals surface area contributed by atoms with Crippen LogP contribution < -0.4 is 0 Å². The maximum atomic E-state index is 11.8. The van der Waals surface area contributed by atoms with Gasteiger partial charge >= 0.3 is 0 Å². The molecule has 0 aromatic heterocycles. The molecule has 1 heterocycles. The van der Waals surface area contributed by atoms with Gasteiger partial charge in [-0.2, -0.15) is 0 Å². The van der Waals surface area contributed by atoms with Gasteiger partial charge in [-0.25, -0.2) is 0 Å². The number of benzene rings is 2. The molecule has 1 fully saturated rings. The number of carbonyl (C=O) groups excluding carboxylic acids is 1. The van der Waals surface area contributed by atoms with Crippen LogP contribution in [0.4, 0.5) is 0 Å². The Morgan fingerprint density at radius 2 is 1.86 bits per heavy atom. The molecule has 1 atom stereocenters. The van der Waals surface area contributed by atoms with E-state index in [0.29, 0.717) is 25.2 Å². The molecule has 0 bridgehead atoms. The molecular weight excluding hydrogens is 260 g/mol. The van der Waals surface area contributed by atoms with Gasteiger partial charge in [-0.05, 0) is 41.2 Å². The van der Waals surface area contributed by atoms with Crippen molar-refractivity contribution in [3.63, 3.8) is 0 Å². The van der Waals surface area contributed by atoms with Crippen molar-refractivity contribution in [2.45, 2.75) is 31.8 Å². The highest BCUT2D eigenvalue weighted by Crippen LogP contribution is 2.40. The van der Waals surface area contributed by atoms with Crippen molar-refractivity contribution in [1.29, 1.82) is 0 Å². The van der Waals surface area contributed by atoms with E-state index >= 15 is 0 Å². The molecule has 2 heteroatoms. The normalized spacial score (nSPS) is 23.8. The Morgan fingerprint density at radius 1 is 1.05 bits per heavy atom. The van der Waals surface area contributed by atoms with E-state index in [1.807, 2.05) is 6.92 Å². The van der Waals surface area contributed by atoms with Gasteiger partial charge < -0.3 is 4.74 Å². The zero-order valence-corrected chi connectivity index (χ0v) is 12.2. The fraction of sp³-hybridized carbons (Fsp3) is 0.316. The van der Waals surface area contributed by atoms with Crippen LogP contribution in [0.15, 0.2) is 42.5 Å². The molecule has 2 aromatic rings. The highest BCUT2D eigenvalue weighted by molar-refractivity contribution is 5.81. The third-order valence-electron chi connectivity index (χ3n) is 4.74. The second-order valence-corrected chi connectivity index (χ2v) is 6.25. The van der Waals surface area contributed by atoms with E-state index in [1.54, 1.807) is 0 Å². The summed E-state index contributed by atoms with van der Waals surface area (Å²) >= 11 is 0. The average molecular weight is 278 g/mol. The van der Waals surface area contributed by atoms with Crippen LogP contribution in [-0.2, 0) is 21.6 Å². The van der Waals surface area contributed by atoms with Crippen LogP contribution in [0, 0.1) is 0 Å². The Hall–Kier alpha value is -1.93. The molecule has 0 saturated carbocycles. The third kappa shape index (κ3) is 2.02. The second-order valence-electron chi connectivity index (χ2n) is 6.25. The fourth-order valence-corrected chi connectivity index (χ4v) is 3.57. The summed E-state index contributed by atoms with van der Waals surface area (Å²) < 4.78 is 5.94. The summed E-state index contributed by atoms with van der Waals surface area (Å²) in [5.74, 6) is 0.299. The lowest BCUT2D eigenvalue weighted by atomic mass is 9.86. The first-order chi connectivity index (χ1) is 10.2. The molecule has 21 heavy (non-hydrogen) atoms. The van der Waals surface area contributed by atoms with E-state index in [4.69, 9.17) is 4.74 Å². The van der Waals surface area contributed by atoms with Crippen molar-refractivity contribution < 1.29 is 9.53 Å². The van der Waals surface area contributed by atoms with E-state index in [2.05, 4.69) is 42.5 Å². The first-order valence-corrected chi connectivity index (χ1v) is 7.53. The monoisotopic (exact) mass is 278 g/mol. The van der Waals surface area contributed by atoms with Crippen molar-refractivity contribution in [3.05, 3.63) is 59.2 Å². The molecule has 1 saturated heterocycles. The largest absolute Gasteiger partial charge is 0.370 e. The molecule has 2 aromatic carbocycles. The van der Waals surface area contributed by atoms with Gasteiger partial charge in [-0.3, -0.25) is 4.79 Å². The minimum atomic E-state index is -0.459. The summed E-state index contributed by atoms with van der Waals surface area (Å²) in [7, 11) is 0. The van der Waals surface area contributed by atoms with E-state index in [1.165, 1.54) is 22.3 Å². The van der Waals surface area contributed by atoms with Gasteiger partial charge in [0, 0.05) is 12.8 Å². The number of ether oxygens (including phenoxy) is 1. The molecule has 0 N–H and O–H groups in total. The van der Waals surface area contributed by atoms with Gasteiger partial charge in [0.25, 0.3) is 0 Å². The number of Topliss-reactive ketones (excluding diaryl/α,β-unsaturated/α-hetero) is 1. The van der Waals surface area contributed by atoms with Crippen LogP contribution in [-0.4, -0.2) is 12.4 Å². The lowest BCUT2D eigenvalue weighted by molar-refractivity contribution is -0.138. The van der Waals surface area contributed by atoms with E-state index in [0.717, 1.165) is 12.0 Å². The Kier molecular flexibility index (Phi) is 2.76. The molecule has 4 rings (SSSR count).